The fourth-order valence-corrected chi connectivity index (χ4v) is 2.67. The van der Waals surface area contributed by atoms with Gasteiger partial charge in [0.25, 0.3) is 0 Å². The van der Waals surface area contributed by atoms with Gasteiger partial charge in [0.15, 0.2) is 0 Å². The average molecular weight is 402 g/mol. The van der Waals surface area contributed by atoms with Gasteiger partial charge in [-0.25, -0.2) is 9.38 Å². The summed E-state index contributed by atoms with van der Waals surface area (Å²) in [6, 6.07) is 13.5. The van der Waals surface area contributed by atoms with Crippen LogP contribution in [-0.4, -0.2) is 25.2 Å². The van der Waals surface area contributed by atoms with Gasteiger partial charge in [0, 0.05) is 29.2 Å². The van der Waals surface area contributed by atoms with Gasteiger partial charge in [-0.2, -0.15) is 0 Å². The number of nitrogens with two attached hydrogens (primary N) is 2. The Morgan fingerprint density at radius 2 is 1.82 bits per heavy atom. The molecule has 0 aliphatic heterocycles. The van der Waals surface area contributed by atoms with Crippen LogP contribution in [0.1, 0.15) is 24.8 Å². The number of allylic oxidation sites excluding steroid dienone is 1. The molecule has 0 aliphatic carbocycles. The standard InChI is InChI=1S/C21H24FN3O2S/c22-17-6-4-16(5-7-17)21(25-19-8-10-20(28-24)11-9-19)14-18(23)15-27-13-3-1-2-12-26/h4-12,14H,1-3,13,15,23-24H2/b18-14-,25-21?. The number of hydrogen-bond acceptors (Lipinski definition) is 6. The van der Waals surface area contributed by atoms with E-state index in [1.165, 1.54) is 12.1 Å². The molecule has 7 heteroatoms. The molecule has 148 valence electrons. The average Bonchev–Trinajstić information content (AvgIpc) is 2.71. The molecular weight excluding hydrogens is 377 g/mol. The van der Waals surface area contributed by atoms with Crippen molar-refractivity contribution >= 4 is 29.6 Å². The fourth-order valence-electron chi connectivity index (χ4n) is 2.38. The number of rotatable bonds is 11. The predicted octanol–water partition coefficient (Wildman–Crippen LogP) is 4.14. The Morgan fingerprint density at radius 3 is 2.46 bits per heavy atom. The van der Waals surface area contributed by atoms with E-state index in [1.807, 2.05) is 24.3 Å². The molecule has 0 heterocycles. The molecule has 4 N–H and O–H groups in total. The molecule has 2 rings (SSSR count). The molecule has 0 fully saturated rings. The fraction of sp³-hybridized carbons (Fsp3) is 0.238. The second-order valence-electron chi connectivity index (χ2n) is 6.05. The zero-order valence-corrected chi connectivity index (χ0v) is 16.3. The summed E-state index contributed by atoms with van der Waals surface area (Å²) in [4.78, 5) is 15.9. The SMILES string of the molecule is NSc1ccc(N=C(/C=C(\N)COCCCCC=O)c2ccc(F)cc2)cc1. The van der Waals surface area contributed by atoms with E-state index in [0.29, 0.717) is 24.4 Å². The molecule has 0 aromatic heterocycles. The Hall–Kier alpha value is -2.48. The van der Waals surface area contributed by atoms with Crippen molar-refractivity contribution in [3.8, 4) is 0 Å². The van der Waals surface area contributed by atoms with Gasteiger partial charge in [0.2, 0.25) is 0 Å². The van der Waals surface area contributed by atoms with E-state index in [9.17, 15) is 9.18 Å². The van der Waals surface area contributed by atoms with Crippen molar-refractivity contribution in [3.63, 3.8) is 0 Å². The topological polar surface area (TPSA) is 90.7 Å². The van der Waals surface area contributed by atoms with E-state index in [-0.39, 0.29) is 12.4 Å². The Balaban J connectivity index is 2.14. The molecule has 28 heavy (non-hydrogen) atoms. The number of benzene rings is 2. The van der Waals surface area contributed by atoms with Crippen LogP contribution in [0.3, 0.4) is 0 Å². The summed E-state index contributed by atoms with van der Waals surface area (Å²) in [6.45, 7) is 0.785. The largest absolute Gasteiger partial charge is 0.400 e. The molecule has 0 radical (unpaired) electrons. The summed E-state index contributed by atoms with van der Waals surface area (Å²) >= 11 is 1.16. The van der Waals surface area contributed by atoms with Gasteiger partial charge in [-0.1, -0.05) is 0 Å². The summed E-state index contributed by atoms with van der Waals surface area (Å²) < 4.78 is 18.8. The normalized spacial score (nSPS) is 12.2. The van der Waals surface area contributed by atoms with Crippen LogP contribution in [0, 0.1) is 5.82 Å². The molecule has 5 nitrogen and oxygen atoms in total. The number of nitrogens with zero attached hydrogens (tertiary/aromatic N) is 1. The maximum Gasteiger partial charge on any atom is 0.123 e. The number of aldehydes is 1. The second-order valence-corrected chi connectivity index (χ2v) is 6.76. The third-order valence-corrected chi connectivity index (χ3v) is 4.36. The highest BCUT2D eigenvalue weighted by Crippen LogP contribution is 2.20. The Kier molecular flexibility index (Phi) is 9.41. The van der Waals surface area contributed by atoms with E-state index in [0.717, 1.165) is 47.2 Å². The Labute approximate surface area is 168 Å². The number of aliphatic imine (C=N–C) groups is 1. The molecule has 2 aromatic carbocycles. The molecule has 0 saturated heterocycles. The Bertz CT molecular complexity index is 805. The number of unbranched alkanes of at least 4 members (excludes halogenated alkanes) is 2. The van der Waals surface area contributed by atoms with Crippen molar-refractivity contribution < 1.29 is 13.9 Å². The van der Waals surface area contributed by atoms with Crippen LogP contribution in [0.2, 0.25) is 0 Å². The van der Waals surface area contributed by atoms with Crippen LogP contribution in [0.25, 0.3) is 0 Å². The number of carbonyl (C=O) groups excluding carboxylic acids is 1. The molecule has 0 bridgehead atoms. The number of carbonyl (C=O) groups is 1. The predicted molar refractivity (Wildman–Crippen MR) is 112 cm³/mol. The quantitative estimate of drug-likeness (QED) is 0.256. The van der Waals surface area contributed by atoms with Crippen LogP contribution in [-0.2, 0) is 9.53 Å². The third-order valence-electron chi connectivity index (χ3n) is 3.81. The van der Waals surface area contributed by atoms with Crippen LogP contribution in [0.5, 0.6) is 0 Å². The minimum atomic E-state index is -0.317. The van der Waals surface area contributed by atoms with Crippen molar-refractivity contribution in [2.45, 2.75) is 24.2 Å². The van der Waals surface area contributed by atoms with E-state index in [2.05, 4.69) is 4.99 Å². The molecule has 0 amide bonds. The first-order valence-electron chi connectivity index (χ1n) is 8.91. The second kappa shape index (κ2) is 12.1. The molecule has 2 aromatic rings. The number of halogens is 1. The van der Waals surface area contributed by atoms with Crippen LogP contribution in [0.4, 0.5) is 10.1 Å². The maximum atomic E-state index is 13.3. The van der Waals surface area contributed by atoms with Gasteiger partial charge in [-0.3, -0.25) is 5.14 Å². The molecule has 0 spiro atoms. The van der Waals surface area contributed by atoms with E-state index < -0.39 is 0 Å². The first-order valence-corrected chi connectivity index (χ1v) is 9.79. The lowest BCUT2D eigenvalue weighted by atomic mass is 10.1. The van der Waals surface area contributed by atoms with Crippen LogP contribution in [0.15, 0.2) is 70.2 Å². The van der Waals surface area contributed by atoms with Gasteiger partial charge < -0.3 is 15.3 Å². The lowest BCUT2D eigenvalue weighted by Gasteiger charge is -2.07. The number of hydrogen-bond donors (Lipinski definition) is 2. The van der Waals surface area contributed by atoms with E-state index >= 15 is 0 Å². The summed E-state index contributed by atoms with van der Waals surface area (Å²) in [5.41, 5.74) is 8.68. The van der Waals surface area contributed by atoms with Gasteiger partial charge in [0.05, 0.1) is 18.0 Å². The summed E-state index contributed by atoms with van der Waals surface area (Å²) in [6.07, 6.45) is 4.77. The van der Waals surface area contributed by atoms with Gasteiger partial charge in [-0.05, 0) is 79.4 Å². The van der Waals surface area contributed by atoms with E-state index in [4.69, 9.17) is 15.6 Å². The summed E-state index contributed by atoms with van der Waals surface area (Å²) in [5.74, 6) is -0.317. The molecule has 0 unspecified atom stereocenters. The van der Waals surface area contributed by atoms with Crippen molar-refractivity contribution in [2.75, 3.05) is 13.2 Å². The lowest BCUT2D eigenvalue weighted by molar-refractivity contribution is -0.108. The first-order chi connectivity index (χ1) is 13.6. The van der Waals surface area contributed by atoms with Crippen molar-refractivity contribution in [2.24, 2.45) is 15.9 Å². The van der Waals surface area contributed by atoms with Crippen molar-refractivity contribution in [1.29, 1.82) is 0 Å². The monoisotopic (exact) mass is 401 g/mol. The Morgan fingerprint density at radius 1 is 1.11 bits per heavy atom. The molecular formula is C21H24FN3O2S. The first kappa shape index (κ1) is 21.8. The zero-order chi connectivity index (χ0) is 20.2. The van der Waals surface area contributed by atoms with Crippen LogP contribution >= 0.6 is 11.9 Å². The summed E-state index contributed by atoms with van der Waals surface area (Å²) in [7, 11) is 0. The highest BCUT2D eigenvalue weighted by Gasteiger charge is 2.04. The number of ether oxygens (including phenoxy) is 1. The van der Waals surface area contributed by atoms with Gasteiger partial charge in [0.1, 0.15) is 12.1 Å². The molecule has 0 saturated carbocycles. The molecule has 0 aliphatic rings. The van der Waals surface area contributed by atoms with Gasteiger partial charge in [-0.15, -0.1) is 0 Å². The lowest BCUT2D eigenvalue weighted by Crippen LogP contribution is -2.11. The summed E-state index contributed by atoms with van der Waals surface area (Å²) in [5, 5.41) is 5.55. The highest BCUT2D eigenvalue weighted by molar-refractivity contribution is 7.97. The van der Waals surface area contributed by atoms with Crippen molar-refractivity contribution in [1.82, 2.24) is 0 Å². The smallest absolute Gasteiger partial charge is 0.123 e. The zero-order valence-electron chi connectivity index (χ0n) is 15.5. The van der Waals surface area contributed by atoms with E-state index in [1.54, 1.807) is 18.2 Å². The van der Waals surface area contributed by atoms with Crippen LogP contribution < -0.4 is 10.9 Å². The van der Waals surface area contributed by atoms with Crippen molar-refractivity contribution in [3.05, 3.63) is 71.7 Å². The maximum absolute atomic E-state index is 13.3. The third kappa shape index (κ3) is 7.64. The molecule has 0 atom stereocenters. The minimum absolute atomic E-state index is 0.254. The van der Waals surface area contributed by atoms with Gasteiger partial charge >= 0.3 is 0 Å². The highest BCUT2D eigenvalue weighted by atomic mass is 32.2. The minimum Gasteiger partial charge on any atom is -0.400 e.